The van der Waals surface area contributed by atoms with Crippen molar-refractivity contribution in [3.63, 3.8) is 0 Å². The third-order valence-electron chi connectivity index (χ3n) is 5.24. The van der Waals surface area contributed by atoms with Crippen LogP contribution in [-0.4, -0.2) is 26.9 Å². The fourth-order valence-electron chi connectivity index (χ4n) is 4.00. The molecule has 2 fully saturated rings. The van der Waals surface area contributed by atoms with Gasteiger partial charge in [-0.15, -0.1) is 0 Å². The first-order valence-corrected chi connectivity index (χ1v) is 9.37. The topological polar surface area (TPSA) is 69.4 Å². The molecule has 116 valence electrons. The molecule has 1 aliphatic heterocycles. The third kappa shape index (κ3) is 3.30. The quantitative estimate of drug-likeness (QED) is 0.932. The van der Waals surface area contributed by atoms with Crippen molar-refractivity contribution in [2.24, 2.45) is 10.6 Å². The summed E-state index contributed by atoms with van der Waals surface area (Å²) in [4.78, 5) is 0. The van der Waals surface area contributed by atoms with Gasteiger partial charge in [0.05, 0.1) is 11.9 Å². The van der Waals surface area contributed by atoms with Crippen LogP contribution in [0.5, 0.6) is 0 Å². The zero-order chi connectivity index (χ0) is 14.9. The van der Waals surface area contributed by atoms with E-state index in [1.54, 1.807) is 0 Å². The molecule has 2 N–H and O–H groups in total. The first kappa shape index (κ1) is 15.0. The minimum Gasteiger partial charge on any atom is -0.377 e. The average Bonchev–Trinajstić information content (AvgIpc) is 2.81. The molecule has 1 heterocycles. The van der Waals surface area contributed by atoms with Gasteiger partial charge in [-0.2, -0.15) is 0 Å². The van der Waals surface area contributed by atoms with Crippen LogP contribution >= 0.6 is 0 Å². The summed E-state index contributed by atoms with van der Waals surface area (Å²) in [6.07, 6.45) is 5.03. The number of hydrogen-bond acceptors (Lipinski definition) is 3. The number of primary sulfonamides is 1. The van der Waals surface area contributed by atoms with E-state index in [-0.39, 0.29) is 17.3 Å². The number of benzene rings is 1. The first-order valence-electron chi connectivity index (χ1n) is 7.66. The van der Waals surface area contributed by atoms with Gasteiger partial charge >= 0.3 is 0 Å². The zero-order valence-electron chi connectivity index (χ0n) is 12.2. The van der Waals surface area contributed by atoms with Crippen LogP contribution in [0, 0.1) is 5.41 Å². The second-order valence-corrected chi connectivity index (χ2v) is 8.15. The van der Waals surface area contributed by atoms with Crippen LogP contribution in [0.3, 0.4) is 0 Å². The van der Waals surface area contributed by atoms with Gasteiger partial charge in [0.1, 0.15) is 0 Å². The second kappa shape index (κ2) is 5.71. The lowest BCUT2D eigenvalue weighted by Crippen LogP contribution is -2.40. The highest BCUT2D eigenvalue weighted by Crippen LogP contribution is 2.50. The molecule has 3 rings (SSSR count). The van der Waals surface area contributed by atoms with E-state index >= 15 is 0 Å². The van der Waals surface area contributed by atoms with Crippen LogP contribution in [0.4, 0.5) is 0 Å². The van der Waals surface area contributed by atoms with E-state index in [1.807, 2.05) is 6.07 Å². The molecule has 0 aromatic heterocycles. The Hall–Kier alpha value is -0.910. The monoisotopic (exact) mass is 309 g/mol. The van der Waals surface area contributed by atoms with Crippen molar-refractivity contribution in [3.8, 4) is 0 Å². The van der Waals surface area contributed by atoms with Gasteiger partial charge in [-0.3, -0.25) is 0 Å². The minimum absolute atomic E-state index is 0.0255. The van der Waals surface area contributed by atoms with Gasteiger partial charge < -0.3 is 4.74 Å². The molecule has 4 nitrogen and oxygen atoms in total. The van der Waals surface area contributed by atoms with Gasteiger partial charge in [-0.05, 0) is 49.0 Å². The number of sulfonamides is 1. The Morgan fingerprint density at radius 3 is 2.43 bits per heavy atom. The van der Waals surface area contributed by atoms with Crippen LogP contribution < -0.4 is 5.14 Å². The molecule has 0 bridgehead atoms. The maximum atomic E-state index is 11.4. The maximum absolute atomic E-state index is 11.4. The lowest BCUT2D eigenvalue weighted by molar-refractivity contribution is 0.0409. The number of nitrogens with two attached hydrogens (primary N) is 1. The normalized spacial score (nSPS) is 33.4. The van der Waals surface area contributed by atoms with Crippen molar-refractivity contribution in [3.05, 3.63) is 35.9 Å². The van der Waals surface area contributed by atoms with E-state index < -0.39 is 10.0 Å². The molecule has 0 amide bonds. The van der Waals surface area contributed by atoms with Crippen molar-refractivity contribution in [1.29, 1.82) is 0 Å². The Balaban J connectivity index is 1.69. The zero-order valence-corrected chi connectivity index (χ0v) is 13.0. The van der Waals surface area contributed by atoms with E-state index in [2.05, 4.69) is 24.3 Å². The maximum Gasteiger partial charge on any atom is 0.211 e. The summed E-state index contributed by atoms with van der Waals surface area (Å²) in [5.74, 6) is 0.552. The Morgan fingerprint density at radius 2 is 1.81 bits per heavy atom. The second-order valence-electron chi connectivity index (χ2n) is 6.49. The molecule has 1 saturated carbocycles. The lowest BCUT2D eigenvalue weighted by atomic mass is 9.66. The number of ether oxygens (including phenoxy) is 1. The van der Waals surface area contributed by atoms with E-state index in [0.717, 1.165) is 32.1 Å². The summed E-state index contributed by atoms with van der Waals surface area (Å²) in [7, 11) is -3.47. The van der Waals surface area contributed by atoms with Crippen LogP contribution in [0.2, 0.25) is 0 Å². The highest BCUT2D eigenvalue weighted by molar-refractivity contribution is 7.89. The molecule has 1 saturated heterocycles. The predicted molar refractivity (Wildman–Crippen MR) is 82.4 cm³/mol. The molecule has 5 heteroatoms. The third-order valence-corrected chi connectivity index (χ3v) is 6.01. The number of rotatable bonds is 3. The Labute approximate surface area is 126 Å². The van der Waals surface area contributed by atoms with Crippen molar-refractivity contribution < 1.29 is 13.2 Å². The molecule has 1 aromatic rings. The fourth-order valence-corrected chi connectivity index (χ4v) is 4.87. The van der Waals surface area contributed by atoms with Gasteiger partial charge in [0.15, 0.2) is 0 Å². The van der Waals surface area contributed by atoms with Crippen molar-refractivity contribution in [2.75, 3.05) is 12.4 Å². The summed E-state index contributed by atoms with van der Waals surface area (Å²) in [6, 6.07) is 10.6. The smallest absolute Gasteiger partial charge is 0.211 e. The van der Waals surface area contributed by atoms with Gasteiger partial charge in [0.25, 0.3) is 0 Å². The van der Waals surface area contributed by atoms with Gasteiger partial charge in [-0.25, -0.2) is 13.6 Å². The molecular weight excluding hydrogens is 286 g/mol. The highest BCUT2D eigenvalue weighted by Gasteiger charge is 2.47. The van der Waals surface area contributed by atoms with E-state index in [9.17, 15) is 8.42 Å². The molecule has 1 aromatic carbocycles. The Morgan fingerprint density at radius 1 is 1.14 bits per heavy atom. The van der Waals surface area contributed by atoms with Crippen molar-refractivity contribution >= 4 is 10.0 Å². The Bertz CT molecular complexity index is 577. The summed E-state index contributed by atoms with van der Waals surface area (Å²) in [6.45, 7) is 0.663. The molecule has 2 aliphatic rings. The molecule has 1 unspecified atom stereocenters. The standard InChI is InChI=1S/C16H23NO3S/c17-21(18,19)12-15-16(10-11-20-15)8-6-14(7-9-16)13-4-2-1-3-5-13/h1-5,14-15H,6-12H2,(H2,17,18,19). The average molecular weight is 309 g/mol. The van der Waals surface area contributed by atoms with E-state index in [4.69, 9.17) is 9.88 Å². The van der Waals surface area contributed by atoms with Gasteiger partial charge in [0.2, 0.25) is 10.0 Å². The lowest BCUT2D eigenvalue weighted by Gasteiger charge is -2.40. The largest absolute Gasteiger partial charge is 0.377 e. The van der Waals surface area contributed by atoms with Crippen LogP contribution in [0.25, 0.3) is 0 Å². The molecule has 0 radical (unpaired) electrons. The molecule has 1 aliphatic carbocycles. The van der Waals surface area contributed by atoms with Crippen molar-refractivity contribution in [1.82, 2.24) is 0 Å². The Kier molecular flexibility index (Phi) is 4.08. The predicted octanol–water partition coefficient (Wildman–Crippen LogP) is 2.41. The SMILES string of the molecule is NS(=O)(=O)CC1OCCC12CCC(c1ccccc1)CC2. The molecular formula is C16H23NO3S. The minimum atomic E-state index is -3.47. The fraction of sp³-hybridized carbons (Fsp3) is 0.625. The first-order chi connectivity index (χ1) is 9.99. The highest BCUT2D eigenvalue weighted by atomic mass is 32.2. The van der Waals surface area contributed by atoms with Gasteiger partial charge in [0, 0.05) is 6.61 Å². The summed E-state index contributed by atoms with van der Waals surface area (Å²) >= 11 is 0. The summed E-state index contributed by atoms with van der Waals surface area (Å²) in [5.41, 5.74) is 1.42. The van der Waals surface area contributed by atoms with Crippen LogP contribution in [0.15, 0.2) is 30.3 Å². The number of hydrogen-bond donors (Lipinski definition) is 1. The summed E-state index contributed by atoms with van der Waals surface area (Å²) in [5, 5.41) is 5.22. The molecule has 1 spiro atoms. The van der Waals surface area contributed by atoms with Crippen molar-refractivity contribution in [2.45, 2.75) is 44.1 Å². The van der Waals surface area contributed by atoms with Gasteiger partial charge in [-0.1, -0.05) is 30.3 Å². The van der Waals surface area contributed by atoms with E-state index in [0.29, 0.717) is 12.5 Å². The van der Waals surface area contributed by atoms with Crippen LogP contribution in [-0.2, 0) is 14.8 Å². The van der Waals surface area contributed by atoms with Crippen LogP contribution in [0.1, 0.15) is 43.6 Å². The molecule has 21 heavy (non-hydrogen) atoms. The molecule has 1 atom stereocenters. The summed E-state index contributed by atoms with van der Waals surface area (Å²) < 4.78 is 28.5. The van der Waals surface area contributed by atoms with E-state index in [1.165, 1.54) is 5.56 Å².